The Balaban J connectivity index is 0.00000392. The number of hydrogen-bond donors (Lipinski definition) is 0. The molecule has 4 heteroatoms. The third kappa shape index (κ3) is 5.57. The number of likely N-dealkylation sites (N-methyl/N-ethyl adjacent to an activating group) is 1. The number of esters is 1. The van der Waals surface area contributed by atoms with Crippen molar-refractivity contribution in [3.05, 3.63) is 71.8 Å². The lowest BCUT2D eigenvalue weighted by Gasteiger charge is -2.34. The standard InChI is InChI=1S/C24H34NO2.HI/c1-5-18-24(21-14-10-8-11-15-21,22-16-12-9-13-17-22)23(26)27-20-19-25(4,6-2)7-3;/h8-17H,5-7,18-20H2,1-4H3;1H/q+1;/p-1. The molecule has 2 rings (SSSR count). The van der Waals surface area contributed by atoms with Crippen molar-refractivity contribution in [3.63, 3.8) is 0 Å². The largest absolute Gasteiger partial charge is 1.00 e. The van der Waals surface area contributed by atoms with Crippen molar-refractivity contribution in [2.75, 3.05) is 33.3 Å². The summed E-state index contributed by atoms with van der Waals surface area (Å²) in [6, 6.07) is 20.1. The Morgan fingerprint density at radius 2 is 1.36 bits per heavy atom. The normalized spacial score (nSPS) is 11.6. The molecule has 0 saturated carbocycles. The fourth-order valence-corrected chi connectivity index (χ4v) is 3.64. The molecular formula is C24H34INO2. The highest BCUT2D eigenvalue weighted by Gasteiger charge is 2.42. The zero-order valence-corrected chi connectivity index (χ0v) is 19.8. The molecule has 0 radical (unpaired) electrons. The van der Waals surface area contributed by atoms with Crippen LogP contribution >= 0.6 is 0 Å². The lowest BCUT2D eigenvalue weighted by molar-refractivity contribution is -0.906. The monoisotopic (exact) mass is 495 g/mol. The third-order valence-corrected chi connectivity index (χ3v) is 5.90. The molecule has 0 amide bonds. The molecule has 0 aliphatic carbocycles. The van der Waals surface area contributed by atoms with E-state index in [0.717, 1.165) is 48.1 Å². The summed E-state index contributed by atoms with van der Waals surface area (Å²) in [5.41, 5.74) is 1.26. The fraction of sp³-hybridized carbons (Fsp3) is 0.458. The van der Waals surface area contributed by atoms with Crippen LogP contribution in [0.2, 0.25) is 0 Å². The van der Waals surface area contributed by atoms with Gasteiger partial charge in [0.2, 0.25) is 0 Å². The number of hydrogen-bond acceptors (Lipinski definition) is 2. The van der Waals surface area contributed by atoms with Crippen LogP contribution in [0.25, 0.3) is 0 Å². The smallest absolute Gasteiger partial charge is 0.321 e. The number of ether oxygens (including phenoxy) is 1. The van der Waals surface area contributed by atoms with Gasteiger partial charge in [-0.1, -0.05) is 74.0 Å². The minimum absolute atomic E-state index is 0. The van der Waals surface area contributed by atoms with E-state index in [1.165, 1.54) is 0 Å². The molecule has 0 unspecified atom stereocenters. The molecule has 0 aliphatic heterocycles. The predicted octanol–water partition coefficient (Wildman–Crippen LogP) is 1.81. The van der Waals surface area contributed by atoms with E-state index in [2.05, 4.69) is 27.8 Å². The van der Waals surface area contributed by atoms with Gasteiger partial charge in [0, 0.05) is 0 Å². The molecule has 0 N–H and O–H groups in total. The van der Waals surface area contributed by atoms with Gasteiger partial charge in [-0.05, 0) is 31.4 Å². The zero-order valence-electron chi connectivity index (χ0n) is 17.7. The molecule has 2 aromatic carbocycles. The molecule has 0 bridgehead atoms. The van der Waals surface area contributed by atoms with Crippen LogP contribution in [0.4, 0.5) is 0 Å². The predicted molar refractivity (Wildman–Crippen MR) is 112 cm³/mol. The van der Waals surface area contributed by atoms with Crippen LogP contribution in [0, 0.1) is 0 Å². The summed E-state index contributed by atoms with van der Waals surface area (Å²) in [7, 11) is 2.21. The minimum atomic E-state index is -0.751. The van der Waals surface area contributed by atoms with Gasteiger partial charge in [-0.25, -0.2) is 0 Å². The Bertz CT molecular complexity index is 660. The van der Waals surface area contributed by atoms with E-state index in [4.69, 9.17) is 4.74 Å². The zero-order chi connectivity index (χ0) is 19.8. The second-order valence-corrected chi connectivity index (χ2v) is 7.50. The molecule has 3 nitrogen and oxygen atoms in total. The van der Waals surface area contributed by atoms with Gasteiger partial charge in [-0.3, -0.25) is 4.79 Å². The number of quaternary nitrogens is 1. The summed E-state index contributed by atoms with van der Waals surface area (Å²) in [6.07, 6.45) is 1.63. The Morgan fingerprint density at radius 3 is 1.75 bits per heavy atom. The first-order chi connectivity index (χ1) is 13.0. The topological polar surface area (TPSA) is 26.3 Å². The van der Waals surface area contributed by atoms with Crippen LogP contribution in [-0.4, -0.2) is 43.7 Å². The van der Waals surface area contributed by atoms with Crippen molar-refractivity contribution >= 4 is 5.97 Å². The number of carbonyl (C=O) groups excluding carboxylic acids is 1. The van der Waals surface area contributed by atoms with Crippen LogP contribution in [0.3, 0.4) is 0 Å². The molecule has 154 valence electrons. The lowest BCUT2D eigenvalue weighted by atomic mass is 9.71. The summed E-state index contributed by atoms with van der Waals surface area (Å²) in [5.74, 6) is -0.138. The van der Waals surface area contributed by atoms with Gasteiger partial charge in [0.15, 0.2) is 0 Å². The van der Waals surface area contributed by atoms with Crippen LogP contribution in [0.5, 0.6) is 0 Å². The number of carbonyl (C=O) groups is 1. The summed E-state index contributed by atoms with van der Waals surface area (Å²) < 4.78 is 6.82. The highest BCUT2D eigenvalue weighted by Crippen LogP contribution is 2.38. The van der Waals surface area contributed by atoms with Crippen molar-refractivity contribution in [1.29, 1.82) is 0 Å². The van der Waals surface area contributed by atoms with Crippen LogP contribution in [0.1, 0.15) is 44.7 Å². The highest BCUT2D eigenvalue weighted by atomic mass is 127. The Kier molecular flexibility index (Phi) is 10.2. The Hall–Kier alpha value is -1.40. The maximum atomic E-state index is 13.5. The second-order valence-electron chi connectivity index (χ2n) is 7.50. The van der Waals surface area contributed by atoms with Crippen LogP contribution < -0.4 is 24.0 Å². The van der Waals surface area contributed by atoms with Gasteiger partial charge < -0.3 is 33.2 Å². The summed E-state index contributed by atoms with van der Waals surface area (Å²) in [5, 5.41) is 0. The molecule has 0 aromatic heterocycles. The first-order valence-electron chi connectivity index (χ1n) is 10.1. The van der Waals surface area contributed by atoms with E-state index in [1.54, 1.807) is 0 Å². The number of halogens is 1. The Labute approximate surface area is 187 Å². The SMILES string of the molecule is CCCC(C(=O)OCC[N+](C)(CC)CC)(c1ccccc1)c1ccccc1.[I-]. The number of rotatable bonds is 10. The summed E-state index contributed by atoms with van der Waals surface area (Å²) in [4.78, 5) is 13.5. The molecule has 28 heavy (non-hydrogen) atoms. The average Bonchev–Trinajstić information content (AvgIpc) is 2.73. The summed E-state index contributed by atoms with van der Waals surface area (Å²) >= 11 is 0. The van der Waals surface area contributed by atoms with E-state index in [0.29, 0.717) is 6.61 Å². The molecule has 0 fully saturated rings. The van der Waals surface area contributed by atoms with Crippen molar-refractivity contribution in [2.24, 2.45) is 0 Å². The van der Waals surface area contributed by atoms with E-state index < -0.39 is 5.41 Å². The average molecular weight is 495 g/mol. The third-order valence-electron chi connectivity index (χ3n) is 5.90. The van der Waals surface area contributed by atoms with Crippen LogP contribution in [0.15, 0.2) is 60.7 Å². The van der Waals surface area contributed by atoms with Crippen molar-refractivity contribution in [3.8, 4) is 0 Å². The van der Waals surface area contributed by atoms with Gasteiger partial charge in [0.1, 0.15) is 18.6 Å². The van der Waals surface area contributed by atoms with E-state index in [1.807, 2.05) is 60.7 Å². The van der Waals surface area contributed by atoms with Gasteiger partial charge in [-0.15, -0.1) is 0 Å². The number of nitrogens with zero attached hydrogens (tertiary/aromatic N) is 1. The van der Waals surface area contributed by atoms with Gasteiger partial charge in [0.25, 0.3) is 0 Å². The lowest BCUT2D eigenvalue weighted by Crippen LogP contribution is -3.00. The molecule has 0 spiro atoms. The molecule has 0 saturated heterocycles. The summed E-state index contributed by atoms with van der Waals surface area (Å²) in [6.45, 7) is 9.83. The van der Waals surface area contributed by atoms with Crippen molar-refractivity contribution in [2.45, 2.75) is 39.0 Å². The molecule has 0 heterocycles. The van der Waals surface area contributed by atoms with Gasteiger partial charge in [-0.2, -0.15) is 0 Å². The Morgan fingerprint density at radius 1 is 0.893 bits per heavy atom. The van der Waals surface area contributed by atoms with Crippen LogP contribution in [-0.2, 0) is 14.9 Å². The fourth-order valence-electron chi connectivity index (χ4n) is 3.64. The highest BCUT2D eigenvalue weighted by molar-refractivity contribution is 5.87. The molecule has 0 aliphatic rings. The second kappa shape index (κ2) is 11.6. The first-order valence-corrected chi connectivity index (χ1v) is 10.1. The van der Waals surface area contributed by atoms with E-state index in [-0.39, 0.29) is 29.9 Å². The number of benzene rings is 2. The minimum Gasteiger partial charge on any atom is -1.00 e. The quantitative estimate of drug-likeness (QED) is 0.286. The van der Waals surface area contributed by atoms with Crippen molar-refractivity contribution in [1.82, 2.24) is 0 Å². The first kappa shape index (κ1) is 24.6. The maximum Gasteiger partial charge on any atom is 0.321 e. The van der Waals surface area contributed by atoms with E-state index >= 15 is 0 Å². The van der Waals surface area contributed by atoms with E-state index in [9.17, 15) is 4.79 Å². The van der Waals surface area contributed by atoms with Crippen molar-refractivity contribution < 1.29 is 38.0 Å². The molecule has 2 aromatic rings. The molecular weight excluding hydrogens is 461 g/mol. The maximum absolute atomic E-state index is 13.5. The van der Waals surface area contributed by atoms with Gasteiger partial charge in [0.05, 0.1) is 20.1 Å². The molecule has 0 atom stereocenters. The van der Waals surface area contributed by atoms with Gasteiger partial charge >= 0.3 is 5.97 Å².